The molecule has 0 unspecified atom stereocenters. The SMILES string of the molecule is CC(=O)c1ccc(Cl)c(S(=O)(=O)Cl)c1. The zero-order valence-corrected chi connectivity index (χ0v) is 9.45. The van der Waals surface area contributed by atoms with E-state index in [1.807, 2.05) is 0 Å². The second kappa shape index (κ2) is 3.88. The molecule has 1 aromatic carbocycles. The Labute approximate surface area is 91.1 Å². The first kappa shape index (κ1) is 11.5. The van der Waals surface area contributed by atoms with Gasteiger partial charge in [0.15, 0.2) is 5.78 Å². The Kier molecular flexibility index (Phi) is 3.19. The Hall–Kier alpha value is -0.580. The summed E-state index contributed by atoms with van der Waals surface area (Å²) in [4.78, 5) is 10.7. The minimum Gasteiger partial charge on any atom is -0.295 e. The maximum absolute atomic E-state index is 11.0. The van der Waals surface area contributed by atoms with Crippen LogP contribution >= 0.6 is 22.3 Å². The third-order valence-electron chi connectivity index (χ3n) is 1.60. The molecule has 0 atom stereocenters. The molecule has 0 aliphatic heterocycles. The second-order valence-corrected chi connectivity index (χ2v) is 5.58. The van der Waals surface area contributed by atoms with E-state index in [1.165, 1.54) is 19.1 Å². The van der Waals surface area contributed by atoms with Gasteiger partial charge in [-0.05, 0) is 25.1 Å². The molecular formula is C8H6Cl2O3S. The van der Waals surface area contributed by atoms with Crippen molar-refractivity contribution in [3.05, 3.63) is 28.8 Å². The molecule has 0 fully saturated rings. The predicted octanol–water partition coefficient (Wildman–Crippen LogP) is 2.47. The lowest BCUT2D eigenvalue weighted by Crippen LogP contribution is -1.97. The van der Waals surface area contributed by atoms with Crippen LogP contribution in [0.15, 0.2) is 23.1 Å². The summed E-state index contributed by atoms with van der Waals surface area (Å²) >= 11 is 5.61. The average Bonchev–Trinajstić information content (AvgIpc) is 2.02. The van der Waals surface area contributed by atoms with Gasteiger partial charge in [0, 0.05) is 16.2 Å². The van der Waals surface area contributed by atoms with Gasteiger partial charge >= 0.3 is 0 Å². The number of Topliss-reactive ketones (excluding diaryl/α,β-unsaturated/α-hetero) is 1. The third kappa shape index (κ3) is 2.47. The number of carbonyl (C=O) groups is 1. The summed E-state index contributed by atoms with van der Waals surface area (Å²) in [5.74, 6) is -0.247. The highest BCUT2D eigenvalue weighted by Gasteiger charge is 2.16. The van der Waals surface area contributed by atoms with Crippen molar-refractivity contribution in [3.63, 3.8) is 0 Å². The van der Waals surface area contributed by atoms with Gasteiger partial charge in [0.1, 0.15) is 4.90 Å². The number of hydrogen-bond acceptors (Lipinski definition) is 3. The molecule has 0 saturated heterocycles. The molecule has 0 heterocycles. The van der Waals surface area contributed by atoms with Gasteiger partial charge in [0.05, 0.1) is 5.02 Å². The number of hydrogen-bond donors (Lipinski definition) is 0. The van der Waals surface area contributed by atoms with Gasteiger partial charge < -0.3 is 0 Å². The Morgan fingerprint density at radius 2 is 1.93 bits per heavy atom. The third-order valence-corrected chi connectivity index (χ3v) is 3.40. The summed E-state index contributed by atoms with van der Waals surface area (Å²) in [5, 5.41) is 0.00463. The largest absolute Gasteiger partial charge is 0.295 e. The highest BCUT2D eigenvalue weighted by Crippen LogP contribution is 2.25. The van der Waals surface area contributed by atoms with Crippen LogP contribution in [0.1, 0.15) is 17.3 Å². The normalized spacial score (nSPS) is 11.4. The van der Waals surface area contributed by atoms with Crippen LogP contribution in [0.3, 0.4) is 0 Å². The van der Waals surface area contributed by atoms with Gasteiger partial charge in [-0.25, -0.2) is 8.42 Å². The molecular weight excluding hydrogens is 247 g/mol. The molecule has 0 aliphatic carbocycles. The van der Waals surface area contributed by atoms with Crippen LogP contribution in [0.25, 0.3) is 0 Å². The molecule has 6 heteroatoms. The van der Waals surface area contributed by atoms with E-state index >= 15 is 0 Å². The fourth-order valence-electron chi connectivity index (χ4n) is 0.909. The first-order valence-corrected chi connectivity index (χ1v) is 6.26. The summed E-state index contributed by atoms with van der Waals surface area (Å²) in [6.45, 7) is 1.33. The van der Waals surface area contributed by atoms with Crippen LogP contribution < -0.4 is 0 Å². The molecule has 0 saturated carbocycles. The van der Waals surface area contributed by atoms with Crippen molar-refractivity contribution < 1.29 is 13.2 Å². The van der Waals surface area contributed by atoms with Crippen LogP contribution in [0.4, 0.5) is 0 Å². The molecule has 0 aromatic heterocycles. The Balaban J connectivity index is 3.44. The van der Waals surface area contributed by atoms with Gasteiger partial charge in [-0.15, -0.1) is 0 Å². The summed E-state index contributed by atoms with van der Waals surface area (Å²) in [7, 11) is 1.22. The van der Waals surface area contributed by atoms with Gasteiger partial charge in [-0.2, -0.15) is 0 Å². The summed E-state index contributed by atoms with van der Waals surface area (Å²) in [6, 6.07) is 3.93. The molecule has 0 aliphatic rings. The Morgan fingerprint density at radius 3 is 2.36 bits per heavy atom. The molecule has 3 nitrogen and oxygen atoms in total. The lowest BCUT2D eigenvalue weighted by atomic mass is 10.1. The van der Waals surface area contributed by atoms with E-state index in [-0.39, 0.29) is 21.3 Å². The molecule has 1 rings (SSSR count). The number of rotatable bonds is 2. The number of carbonyl (C=O) groups excluding carboxylic acids is 1. The zero-order valence-electron chi connectivity index (χ0n) is 7.12. The Morgan fingerprint density at radius 1 is 1.36 bits per heavy atom. The smallest absolute Gasteiger partial charge is 0.262 e. The van der Waals surface area contributed by atoms with Crippen LogP contribution in [-0.4, -0.2) is 14.2 Å². The number of ketones is 1. The molecule has 76 valence electrons. The van der Waals surface area contributed by atoms with Gasteiger partial charge in [0.25, 0.3) is 9.05 Å². The van der Waals surface area contributed by atoms with Crippen molar-refractivity contribution >= 4 is 37.1 Å². The van der Waals surface area contributed by atoms with Crippen LogP contribution in [0.5, 0.6) is 0 Å². The summed E-state index contributed by atoms with van der Waals surface area (Å²) in [5.41, 5.74) is 0.258. The number of benzene rings is 1. The lowest BCUT2D eigenvalue weighted by molar-refractivity contribution is 0.101. The van der Waals surface area contributed by atoms with Crippen LogP contribution in [0.2, 0.25) is 5.02 Å². The maximum Gasteiger partial charge on any atom is 0.262 e. The average molecular weight is 253 g/mol. The second-order valence-electron chi connectivity index (χ2n) is 2.64. The van der Waals surface area contributed by atoms with Gasteiger partial charge in [-0.3, -0.25) is 4.79 Å². The molecule has 14 heavy (non-hydrogen) atoms. The maximum atomic E-state index is 11.0. The van der Waals surface area contributed by atoms with Crippen LogP contribution in [-0.2, 0) is 9.05 Å². The van der Waals surface area contributed by atoms with Crippen molar-refractivity contribution in [3.8, 4) is 0 Å². The molecule has 1 aromatic rings. The van der Waals surface area contributed by atoms with Crippen LogP contribution in [0, 0.1) is 0 Å². The monoisotopic (exact) mass is 252 g/mol. The quantitative estimate of drug-likeness (QED) is 0.601. The molecule has 0 N–H and O–H groups in total. The fourth-order valence-corrected chi connectivity index (χ4v) is 2.40. The summed E-state index contributed by atoms with van der Waals surface area (Å²) in [6.07, 6.45) is 0. The van der Waals surface area contributed by atoms with Gasteiger partial charge in [-0.1, -0.05) is 11.6 Å². The zero-order chi connectivity index (χ0) is 10.9. The van der Waals surface area contributed by atoms with E-state index in [1.54, 1.807) is 0 Å². The van der Waals surface area contributed by atoms with Crippen molar-refractivity contribution in [2.24, 2.45) is 0 Å². The molecule has 0 amide bonds. The number of halogens is 2. The summed E-state index contributed by atoms with van der Waals surface area (Å²) < 4.78 is 22.0. The predicted molar refractivity (Wildman–Crippen MR) is 54.5 cm³/mol. The topological polar surface area (TPSA) is 51.2 Å². The first-order valence-electron chi connectivity index (χ1n) is 3.57. The minimum atomic E-state index is -3.90. The Bertz CT molecular complexity index is 479. The van der Waals surface area contributed by atoms with E-state index < -0.39 is 9.05 Å². The van der Waals surface area contributed by atoms with E-state index in [2.05, 4.69) is 0 Å². The lowest BCUT2D eigenvalue weighted by Gasteiger charge is -2.01. The standard InChI is InChI=1S/C8H6Cl2O3S/c1-5(11)6-2-3-7(9)8(4-6)14(10,12)13/h2-4H,1H3. The highest BCUT2D eigenvalue weighted by atomic mass is 35.7. The van der Waals surface area contributed by atoms with E-state index in [4.69, 9.17) is 22.3 Å². The van der Waals surface area contributed by atoms with E-state index in [9.17, 15) is 13.2 Å². The van der Waals surface area contributed by atoms with Crippen molar-refractivity contribution in [1.82, 2.24) is 0 Å². The fraction of sp³-hybridized carbons (Fsp3) is 0.125. The van der Waals surface area contributed by atoms with Crippen molar-refractivity contribution in [1.29, 1.82) is 0 Å². The highest BCUT2D eigenvalue weighted by molar-refractivity contribution is 8.13. The van der Waals surface area contributed by atoms with Crippen molar-refractivity contribution in [2.75, 3.05) is 0 Å². The van der Waals surface area contributed by atoms with Gasteiger partial charge in [0.2, 0.25) is 0 Å². The molecule has 0 bridgehead atoms. The molecule has 0 radical (unpaired) electrons. The van der Waals surface area contributed by atoms with Crippen molar-refractivity contribution in [2.45, 2.75) is 11.8 Å². The minimum absolute atomic E-state index is 0.00463. The molecule has 0 spiro atoms. The van der Waals surface area contributed by atoms with E-state index in [0.29, 0.717) is 0 Å². The van der Waals surface area contributed by atoms with E-state index in [0.717, 1.165) is 6.07 Å². The first-order chi connectivity index (χ1) is 6.32.